The molecule has 6 heteroatoms. The molecule has 0 aromatic heterocycles. The van der Waals surface area contributed by atoms with Crippen LogP contribution < -0.4 is 0 Å². The highest BCUT2D eigenvalue weighted by atomic mass is 16.7. The van der Waals surface area contributed by atoms with Gasteiger partial charge in [0.25, 0.3) is 5.71 Å². The predicted molar refractivity (Wildman–Crippen MR) is 52.3 cm³/mol. The number of carbonyl (C=O) groups is 2. The Hall–Kier alpha value is -1.59. The van der Waals surface area contributed by atoms with Crippen LogP contribution in [0.2, 0.25) is 0 Å². The summed E-state index contributed by atoms with van der Waals surface area (Å²) in [5.41, 5.74) is -1.12. The Bertz CT molecular complexity index is 259. The van der Waals surface area contributed by atoms with Gasteiger partial charge >= 0.3 is 11.9 Å². The minimum Gasteiger partial charge on any atom is -0.464 e. The largest absolute Gasteiger partial charge is 0.464 e. The number of nitrogens with zero attached hydrogens (tertiary/aromatic N) is 1. The monoisotopic (exact) mass is 217 g/mol. The summed E-state index contributed by atoms with van der Waals surface area (Å²) in [5, 5.41) is 3.40. The minimum atomic E-state index is -0.897. The zero-order valence-corrected chi connectivity index (χ0v) is 9.49. The zero-order chi connectivity index (χ0) is 12.1. The fraction of sp³-hybridized carbons (Fsp3) is 0.667. The molecule has 86 valence electrons. The second kappa shape index (κ2) is 5.33. The van der Waals surface area contributed by atoms with Gasteiger partial charge < -0.3 is 14.3 Å². The van der Waals surface area contributed by atoms with E-state index in [1.807, 2.05) is 0 Å². The number of rotatable bonds is 3. The van der Waals surface area contributed by atoms with E-state index in [2.05, 4.69) is 14.6 Å². The number of esters is 2. The first-order valence-electron chi connectivity index (χ1n) is 4.24. The van der Waals surface area contributed by atoms with E-state index in [4.69, 9.17) is 4.84 Å². The highest BCUT2D eigenvalue weighted by molar-refractivity contribution is 6.62. The van der Waals surface area contributed by atoms with Crippen molar-refractivity contribution in [1.82, 2.24) is 0 Å². The molecular weight excluding hydrogens is 202 g/mol. The summed E-state index contributed by atoms with van der Waals surface area (Å²) in [6.07, 6.45) is 0. The minimum absolute atomic E-state index is 0.519. The van der Waals surface area contributed by atoms with Gasteiger partial charge in [-0.15, -0.1) is 0 Å². The van der Waals surface area contributed by atoms with Crippen molar-refractivity contribution in [2.45, 2.75) is 26.4 Å². The Kier molecular flexibility index (Phi) is 4.77. The molecular formula is C9H15NO5. The molecule has 0 N–H and O–H groups in total. The molecule has 0 amide bonds. The Labute approximate surface area is 88.2 Å². The first kappa shape index (κ1) is 13.4. The van der Waals surface area contributed by atoms with Crippen LogP contribution in [0.3, 0.4) is 0 Å². The maximum atomic E-state index is 11.1. The van der Waals surface area contributed by atoms with Crippen LogP contribution in [0.1, 0.15) is 20.8 Å². The molecule has 0 heterocycles. The average molecular weight is 217 g/mol. The van der Waals surface area contributed by atoms with Crippen molar-refractivity contribution in [3.63, 3.8) is 0 Å². The van der Waals surface area contributed by atoms with Gasteiger partial charge in [-0.25, -0.2) is 9.59 Å². The molecule has 0 saturated heterocycles. The normalized spacial score (nSPS) is 10.2. The van der Waals surface area contributed by atoms with Gasteiger partial charge in [0.1, 0.15) is 5.60 Å². The smallest absolute Gasteiger partial charge is 0.367 e. The van der Waals surface area contributed by atoms with Gasteiger partial charge in [-0.1, -0.05) is 5.16 Å². The topological polar surface area (TPSA) is 74.2 Å². The number of hydrogen-bond acceptors (Lipinski definition) is 6. The maximum absolute atomic E-state index is 11.1. The number of methoxy groups -OCH3 is 2. The molecule has 0 unspecified atom stereocenters. The lowest BCUT2D eigenvalue weighted by Gasteiger charge is -2.15. The molecule has 0 spiro atoms. The molecule has 0 aromatic carbocycles. The van der Waals surface area contributed by atoms with Crippen LogP contribution in [0.25, 0.3) is 0 Å². The molecule has 0 saturated carbocycles. The lowest BCUT2D eigenvalue weighted by molar-refractivity contribution is -0.138. The maximum Gasteiger partial charge on any atom is 0.367 e. The summed E-state index contributed by atoms with van der Waals surface area (Å²) >= 11 is 0. The Balaban J connectivity index is 4.79. The van der Waals surface area contributed by atoms with Crippen LogP contribution in [0.4, 0.5) is 0 Å². The van der Waals surface area contributed by atoms with Crippen molar-refractivity contribution in [2.24, 2.45) is 5.16 Å². The van der Waals surface area contributed by atoms with Gasteiger partial charge in [0.05, 0.1) is 14.2 Å². The van der Waals surface area contributed by atoms with E-state index in [0.29, 0.717) is 0 Å². The lowest BCUT2D eigenvalue weighted by Crippen LogP contribution is -2.28. The van der Waals surface area contributed by atoms with Crippen LogP contribution in [0, 0.1) is 0 Å². The first-order chi connectivity index (χ1) is 6.81. The summed E-state index contributed by atoms with van der Waals surface area (Å²) in [5.74, 6) is -1.79. The molecule has 0 aliphatic carbocycles. The Morgan fingerprint density at radius 1 is 1.00 bits per heavy atom. The van der Waals surface area contributed by atoms with Gasteiger partial charge in [-0.3, -0.25) is 0 Å². The van der Waals surface area contributed by atoms with E-state index < -0.39 is 23.3 Å². The van der Waals surface area contributed by atoms with E-state index in [0.717, 1.165) is 14.2 Å². The van der Waals surface area contributed by atoms with Crippen molar-refractivity contribution >= 4 is 17.7 Å². The van der Waals surface area contributed by atoms with Crippen molar-refractivity contribution in [2.75, 3.05) is 14.2 Å². The van der Waals surface area contributed by atoms with Gasteiger partial charge in [-0.05, 0) is 20.8 Å². The summed E-state index contributed by atoms with van der Waals surface area (Å²) < 4.78 is 8.70. The SMILES string of the molecule is COC(=O)C(=NOC(C)(C)C)C(=O)OC. The molecule has 0 fully saturated rings. The van der Waals surface area contributed by atoms with Crippen molar-refractivity contribution in [3.8, 4) is 0 Å². The van der Waals surface area contributed by atoms with E-state index in [-0.39, 0.29) is 0 Å². The third kappa shape index (κ3) is 4.99. The molecule has 0 radical (unpaired) electrons. The standard InChI is InChI=1S/C9H15NO5/c1-9(2,3)15-10-6(7(11)13-4)8(12)14-5/h1-5H3. The highest BCUT2D eigenvalue weighted by Crippen LogP contribution is 2.07. The van der Waals surface area contributed by atoms with E-state index in [1.165, 1.54) is 0 Å². The first-order valence-corrected chi connectivity index (χ1v) is 4.24. The van der Waals surface area contributed by atoms with Crippen LogP contribution in [-0.2, 0) is 23.9 Å². The van der Waals surface area contributed by atoms with E-state index in [9.17, 15) is 9.59 Å². The molecule has 0 aromatic rings. The molecule has 0 rings (SSSR count). The predicted octanol–water partition coefficient (Wildman–Crippen LogP) is 0.503. The second-order valence-corrected chi connectivity index (χ2v) is 3.63. The van der Waals surface area contributed by atoms with Gasteiger partial charge in [-0.2, -0.15) is 0 Å². The van der Waals surface area contributed by atoms with Gasteiger partial charge in [0, 0.05) is 0 Å². The highest BCUT2D eigenvalue weighted by Gasteiger charge is 2.24. The molecule has 0 aliphatic rings. The van der Waals surface area contributed by atoms with E-state index >= 15 is 0 Å². The molecule has 0 atom stereocenters. The van der Waals surface area contributed by atoms with Gasteiger partial charge in [0.2, 0.25) is 0 Å². The summed E-state index contributed by atoms with van der Waals surface area (Å²) in [4.78, 5) is 27.1. The number of carbonyl (C=O) groups excluding carboxylic acids is 2. The quantitative estimate of drug-likeness (QED) is 0.298. The van der Waals surface area contributed by atoms with Crippen LogP contribution in [-0.4, -0.2) is 37.5 Å². The third-order valence-corrected chi connectivity index (χ3v) is 1.17. The lowest BCUT2D eigenvalue weighted by atomic mass is 10.2. The third-order valence-electron chi connectivity index (χ3n) is 1.17. The van der Waals surface area contributed by atoms with Crippen molar-refractivity contribution in [3.05, 3.63) is 0 Å². The van der Waals surface area contributed by atoms with Crippen molar-refractivity contribution < 1.29 is 23.9 Å². The Morgan fingerprint density at radius 2 is 1.40 bits per heavy atom. The summed E-state index contributed by atoms with van der Waals surface area (Å²) in [6.45, 7) is 5.17. The molecule has 15 heavy (non-hydrogen) atoms. The van der Waals surface area contributed by atoms with Crippen LogP contribution in [0.15, 0.2) is 5.16 Å². The van der Waals surface area contributed by atoms with E-state index in [1.54, 1.807) is 20.8 Å². The summed E-state index contributed by atoms with van der Waals surface area (Å²) in [7, 11) is 2.27. The van der Waals surface area contributed by atoms with Crippen molar-refractivity contribution in [1.29, 1.82) is 0 Å². The zero-order valence-electron chi connectivity index (χ0n) is 9.49. The summed E-state index contributed by atoms with van der Waals surface area (Å²) in [6, 6.07) is 0. The van der Waals surface area contributed by atoms with Crippen LogP contribution in [0.5, 0.6) is 0 Å². The number of ether oxygens (including phenoxy) is 2. The molecule has 6 nitrogen and oxygen atoms in total. The molecule has 0 aliphatic heterocycles. The fourth-order valence-electron chi connectivity index (χ4n) is 0.534. The van der Waals surface area contributed by atoms with Gasteiger partial charge in [0.15, 0.2) is 0 Å². The number of hydrogen-bond donors (Lipinski definition) is 0. The number of oxime groups is 1. The van der Waals surface area contributed by atoms with Crippen LogP contribution >= 0.6 is 0 Å². The fourth-order valence-corrected chi connectivity index (χ4v) is 0.534. The average Bonchev–Trinajstić information content (AvgIpc) is 2.15. The Morgan fingerprint density at radius 3 is 1.67 bits per heavy atom. The second-order valence-electron chi connectivity index (χ2n) is 3.63. The molecule has 0 bridgehead atoms.